The Labute approximate surface area is 110 Å². The fraction of sp³-hybridized carbons (Fsp3) is 0.333. The van der Waals surface area contributed by atoms with Crippen LogP contribution in [0.4, 0.5) is 10.5 Å². The molecule has 5 nitrogen and oxygen atoms in total. The molecule has 0 aliphatic rings. The van der Waals surface area contributed by atoms with Crippen molar-refractivity contribution < 1.29 is 14.3 Å². The van der Waals surface area contributed by atoms with Crippen LogP contribution < -0.4 is 10.6 Å². The lowest BCUT2D eigenvalue weighted by atomic mass is 10.2. The summed E-state index contributed by atoms with van der Waals surface area (Å²) in [7, 11) is 1.51. The SMILES string of the molecule is CCCOC(=O)Nc1ccc(Cl)c(C(=O)NC)c1. The predicted molar refractivity (Wildman–Crippen MR) is 70.1 cm³/mol. The van der Waals surface area contributed by atoms with Gasteiger partial charge in [-0.3, -0.25) is 10.1 Å². The number of rotatable bonds is 4. The van der Waals surface area contributed by atoms with Crippen LogP contribution in [-0.4, -0.2) is 25.7 Å². The van der Waals surface area contributed by atoms with Crippen molar-refractivity contribution in [1.29, 1.82) is 0 Å². The number of hydrogen-bond donors (Lipinski definition) is 2. The van der Waals surface area contributed by atoms with Crippen molar-refractivity contribution >= 4 is 29.3 Å². The van der Waals surface area contributed by atoms with E-state index >= 15 is 0 Å². The zero-order valence-corrected chi connectivity index (χ0v) is 11.0. The molecule has 0 saturated carbocycles. The van der Waals surface area contributed by atoms with Crippen LogP contribution in [-0.2, 0) is 4.74 Å². The summed E-state index contributed by atoms with van der Waals surface area (Å²) in [5.74, 6) is -0.314. The van der Waals surface area contributed by atoms with Gasteiger partial charge in [-0.2, -0.15) is 0 Å². The minimum atomic E-state index is -0.554. The highest BCUT2D eigenvalue weighted by Gasteiger charge is 2.11. The van der Waals surface area contributed by atoms with Crippen molar-refractivity contribution in [3.05, 3.63) is 28.8 Å². The maximum absolute atomic E-state index is 11.5. The minimum Gasteiger partial charge on any atom is -0.449 e. The van der Waals surface area contributed by atoms with Crippen LogP contribution in [0.15, 0.2) is 18.2 Å². The molecule has 0 fully saturated rings. The maximum Gasteiger partial charge on any atom is 0.411 e. The van der Waals surface area contributed by atoms with Crippen LogP contribution in [0.2, 0.25) is 5.02 Å². The molecule has 0 atom stereocenters. The topological polar surface area (TPSA) is 67.4 Å². The first kappa shape index (κ1) is 14.3. The van der Waals surface area contributed by atoms with Gasteiger partial charge in [0.25, 0.3) is 5.91 Å². The number of benzene rings is 1. The van der Waals surface area contributed by atoms with E-state index in [9.17, 15) is 9.59 Å². The molecule has 0 unspecified atom stereocenters. The number of halogens is 1. The summed E-state index contributed by atoms with van der Waals surface area (Å²) in [6, 6.07) is 4.64. The Hall–Kier alpha value is -1.75. The van der Waals surface area contributed by atoms with E-state index in [0.717, 1.165) is 6.42 Å². The molecular formula is C12H15ClN2O3. The number of amides is 2. The van der Waals surface area contributed by atoms with E-state index < -0.39 is 6.09 Å². The molecule has 1 rings (SSSR count). The largest absolute Gasteiger partial charge is 0.449 e. The van der Waals surface area contributed by atoms with Gasteiger partial charge in [-0.05, 0) is 24.6 Å². The predicted octanol–water partition coefficient (Wildman–Crippen LogP) is 2.66. The highest BCUT2D eigenvalue weighted by molar-refractivity contribution is 6.34. The second-order valence-electron chi connectivity index (χ2n) is 3.53. The third-order valence-electron chi connectivity index (χ3n) is 2.12. The highest BCUT2D eigenvalue weighted by atomic mass is 35.5. The molecule has 0 saturated heterocycles. The van der Waals surface area contributed by atoms with Gasteiger partial charge in [-0.15, -0.1) is 0 Å². The van der Waals surface area contributed by atoms with E-state index in [2.05, 4.69) is 10.6 Å². The van der Waals surface area contributed by atoms with Gasteiger partial charge in [0, 0.05) is 12.7 Å². The summed E-state index contributed by atoms with van der Waals surface area (Å²) in [4.78, 5) is 22.8. The van der Waals surface area contributed by atoms with Gasteiger partial charge in [0.1, 0.15) is 0 Å². The molecule has 6 heteroatoms. The van der Waals surface area contributed by atoms with Crippen molar-refractivity contribution in [1.82, 2.24) is 5.32 Å². The number of carbonyl (C=O) groups is 2. The van der Waals surface area contributed by atoms with Crippen LogP contribution in [0, 0.1) is 0 Å². The van der Waals surface area contributed by atoms with E-state index in [4.69, 9.17) is 16.3 Å². The Bertz CT molecular complexity index is 449. The van der Waals surface area contributed by atoms with Gasteiger partial charge in [0.15, 0.2) is 0 Å². The van der Waals surface area contributed by atoms with Crippen LogP contribution in [0.1, 0.15) is 23.7 Å². The van der Waals surface area contributed by atoms with Gasteiger partial charge in [-0.25, -0.2) is 4.79 Å². The normalized spacial score (nSPS) is 9.72. The first-order valence-electron chi connectivity index (χ1n) is 5.54. The fourth-order valence-electron chi connectivity index (χ4n) is 1.26. The summed E-state index contributed by atoms with van der Waals surface area (Å²) in [5, 5.41) is 5.31. The van der Waals surface area contributed by atoms with Crippen molar-refractivity contribution in [2.24, 2.45) is 0 Å². The van der Waals surface area contributed by atoms with Gasteiger partial charge in [0.2, 0.25) is 0 Å². The van der Waals surface area contributed by atoms with E-state index in [1.165, 1.54) is 13.1 Å². The molecular weight excluding hydrogens is 256 g/mol. The molecule has 2 amide bonds. The third-order valence-corrected chi connectivity index (χ3v) is 2.45. The highest BCUT2D eigenvalue weighted by Crippen LogP contribution is 2.20. The summed E-state index contributed by atoms with van der Waals surface area (Å²) >= 11 is 5.89. The van der Waals surface area contributed by atoms with E-state index in [-0.39, 0.29) is 5.91 Å². The van der Waals surface area contributed by atoms with Crippen molar-refractivity contribution in [2.45, 2.75) is 13.3 Å². The van der Waals surface area contributed by atoms with Crippen LogP contribution in [0.3, 0.4) is 0 Å². The lowest BCUT2D eigenvalue weighted by molar-refractivity contribution is 0.0963. The molecule has 2 N–H and O–H groups in total. The molecule has 1 aromatic carbocycles. The number of hydrogen-bond acceptors (Lipinski definition) is 3. The average molecular weight is 271 g/mol. The number of ether oxygens (including phenoxy) is 1. The summed E-state index contributed by atoms with van der Waals surface area (Å²) in [6.45, 7) is 2.25. The summed E-state index contributed by atoms with van der Waals surface area (Å²) in [5.41, 5.74) is 0.756. The minimum absolute atomic E-state index is 0.299. The summed E-state index contributed by atoms with van der Waals surface area (Å²) < 4.78 is 4.87. The molecule has 0 spiro atoms. The molecule has 0 radical (unpaired) electrons. The molecule has 0 aliphatic carbocycles. The Kier molecular flexibility index (Phi) is 5.45. The molecule has 0 aliphatic heterocycles. The lowest BCUT2D eigenvalue weighted by Crippen LogP contribution is -2.19. The Morgan fingerprint density at radius 1 is 1.39 bits per heavy atom. The molecule has 0 aromatic heterocycles. The monoisotopic (exact) mass is 270 g/mol. The first-order valence-corrected chi connectivity index (χ1v) is 5.91. The standard InChI is InChI=1S/C12H15ClN2O3/c1-3-6-18-12(17)15-8-4-5-10(13)9(7-8)11(16)14-2/h4-5,7H,3,6H2,1-2H3,(H,14,16)(H,15,17). The smallest absolute Gasteiger partial charge is 0.411 e. The zero-order chi connectivity index (χ0) is 13.5. The molecule has 0 bridgehead atoms. The Balaban J connectivity index is 2.79. The van der Waals surface area contributed by atoms with Crippen LogP contribution >= 0.6 is 11.6 Å². The first-order chi connectivity index (χ1) is 8.58. The second-order valence-corrected chi connectivity index (χ2v) is 3.94. The van der Waals surface area contributed by atoms with E-state index in [1.54, 1.807) is 12.1 Å². The van der Waals surface area contributed by atoms with Gasteiger partial charge < -0.3 is 10.1 Å². The number of carbonyl (C=O) groups excluding carboxylic acids is 2. The van der Waals surface area contributed by atoms with Crippen molar-refractivity contribution in [3.8, 4) is 0 Å². The Morgan fingerprint density at radius 2 is 2.11 bits per heavy atom. The van der Waals surface area contributed by atoms with Crippen molar-refractivity contribution in [3.63, 3.8) is 0 Å². The molecule has 18 heavy (non-hydrogen) atoms. The summed E-state index contributed by atoms with van der Waals surface area (Å²) in [6.07, 6.45) is 0.194. The third kappa shape index (κ3) is 3.92. The molecule has 0 heterocycles. The van der Waals surface area contributed by atoms with E-state index in [1.807, 2.05) is 6.92 Å². The van der Waals surface area contributed by atoms with E-state index in [0.29, 0.717) is 22.9 Å². The number of nitrogens with one attached hydrogen (secondary N) is 2. The number of anilines is 1. The average Bonchev–Trinajstić information content (AvgIpc) is 2.37. The second kappa shape index (κ2) is 6.86. The zero-order valence-electron chi connectivity index (χ0n) is 10.2. The maximum atomic E-state index is 11.5. The fourth-order valence-corrected chi connectivity index (χ4v) is 1.46. The lowest BCUT2D eigenvalue weighted by Gasteiger charge is -2.08. The van der Waals surface area contributed by atoms with Crippen LogP contribution in [0.25, 0.3) is 0 Å². The molecule has 98 valence electrons. The van der Waals surface area contributed by atoms with Crippen molar-refractivity contribution in [2.75, 3.05) is 19.0 Å². The van der Waals surface area contributed by atoms with Gasteiger partial charge in [-0.1, -0.05) is 18.5 Å². The van der Waals surface area contributed by atoms with Gasteiger partial charge in [0.05, 0.1) is 17.2 Å². The van der Waals surface area contributed by atoms with Gasteiger partial charge >= 0.3 is 6.09 Å². The molecule has 1 aromatic rings. The van der Waals surface area contributed by atoms with Crippen LogP contribution in [0.5, 0.6) is 0 Å². The quantitative estimate of drug-likeness (QED) is 0.884. The Morgan fingerprint density at radius 3 is 2.72 bits per heavy atom.